The van der Waals surface area contributed by atoms with Crippen LogP contribution in [0.5, 0.6) is 17.2 Å². The number of ketones is 1. The standard InChI is InChI=1S/C24H21Br2NO5/c1-13(2)17-11-15(7-8-21(17)28)32-24-18(25)9-14(10-19(24)26)23(31)16-5-3-4-6-20(16)27-12-22(29)30/h3-11,13,27-28H,12H2,1-2H3,(H,29,30). The van der Waals surface area contributed by atoms with E-state index in [0.717, 1.165) is 5.56 Å². The van der Waals surface area contributed by atoms with Crippen LogP contribution in [0.3, 0.4) is 0 Å². The van der Waals surface area contributed by atoms with Crippen LogP contribution < -0.4 is 10.1 Å². The molecule has 0 spiro atoms. The molecule has 0 radical (unpaired) electrons. The van der Waals surface area contributed by atoms with Gasteiger partial charge in [0.2, 0.25) is 0 Å². The van der Waals surface area contributed by atoms with Gasteiger partial charge >= 0.3 is 5.97 Å². The first-order valence-electron chi connectivity index (χ1n) is 9.76. The van der Waals surface area contributed by atoms with E-state index in [-0.39, 0.29) is 24.0 Å². The van der Waals surface area contributed by atoms with Gasteiger partial charge in [0.15, 0.2) is 11.5 Å². The number of nitrogens with one attached hydrogen (secondary N) is 1. The van der Waals surface area contributed by atoms with Crippen molar-refractivity contribution < 1.29 is 24.5 Å². The number of anilines is 1. The molecule has 0 heterocycles. The molecule has 32 heavy (non-hydrogen) atoms. The van der Waals surface area contributed by atoms with Gasteiger partial charge in [-0.1, -0.05) is 26.0 Å². The maximum absolute atomic E-state index is 13.1. The average molecular weight is 563 g/mol. The van der Waals surface area contributed by atoms with E-state index in [1.165, 1.54) is 0 Å². The van der Waals surface area contributed by atoms with Crippen LogP contribution in [0.4, 0.5) is 5.69 Å². The van der Waals surface area contributed by atoms with E-state index < -0.39 is 5.97 Å². The number of halogens is 2. The number of phenolic OH excluding ortho intramolecular Hbond substituents is 1. The average Bonchev–Trinajstić information content (AvgIpc) is 2.75. The lowest BCUT2D eigenvalue weighted by molar-refractivity contribution is -0.134. The molecule has 8 heteroatoms. The van der Waals surface area contributed by atoms with Crippen LogP contribution in [0.25, 0.3) is 0 Å². The summed E-state index contributed by atoms with van der Waals surface area (Å²) in [5, 5.41) is 21.7. The first-order valence-corrected chi connectivity index (χ1v) is 11.3. The predicted molar refractivity (Wildman–Crippen MR) is 130 cm³/mol. The highest BCUT2D eigenvalue weighted by molar-refractivity contribution is 9.11. The highest BCUT2D eigenvalue weighted by Crippen LogP contribution is 2.40. The summed E-state index contributed by atoms with van der Waals surface area (Å²) in [5.74, 6) is 0.0866. The Hall–Kier alpha value is -2.84. The number of benzene rings is 3. The maximum Gasteiger partial charge on any atom is 0.322 e. The van der Waals surface area contributed by atoms with Crippen molar-refractivity contribution in [3.8, 4) is 17.2 Å². The minimum Gasteiger partial charge on any atom is -0.508 e. The highest BCUT2D eigenvalue weighted by Gasteiger charge is 2.19. The molecule has 0 saturated heterocycles. The van der Waals surface area contributed by atoms with Gasteiger partial charge in [0.1, 0.15) is 18.0 Å². The zero-order chi connectivity index (χ0) is 23.4. The molecule has 3 rings (SSSR count). The molecule has 3 aromatic rings. The first-order chi connectivity index (χ1) is 15.2. The summed E-state index contributed by atoms with van der Waals surface area (Å²) in [6.07, 6.45) is 0. The van der Waals surface area contributed by atoms with Gasteiger partial charge in [-0.25, -0.2) is 0 Å². The Morgan fingerprint density at radius 3 is 2.31 bits per heavy atom. The van der Waals surface area contributed by atoms with E-state index in [1.54, 1.807) is 54.6 Å². The number of para-hydroxylation sites is 1. The molecular formula is C24H21Br2NO5. The fourth-order valence-corrected chi connectivity index (χ4v) is 4.47. The molecule has 0 aromatic heterocycles. The maximum atomic E-state index is 13.1. The smallest absolute Gasteiger partial charge is 0.322 e. The molecule has 0 amide bonds. The Kier molecular flexibility index (Phi) is 7.58. The van der Waals surface area contributed by atoms with E-state index in [2.05, 4.69) is 37.2 Å². The number of carboxylic acids is 1. The Morgan fingerprint density at radius 2 is 1.69 bits per heavy atom. The quantitative estimate of drug-likeness (QED) is 0.269. The largest absolute Gasteiger partial charge is 0.508 e. The molecule has 0 unspecified atom stereocenters. The van der Waals surface area contributed by atoms with Gasteiger partial charge in [-0.3, -0.25) is 9.59 Å². The summed E-state index contributed by atoms with van der Waals surface area (Å²) in [6, 6.07) is 15.1. The summed E-state index contributed by atoms with van der Waals surface area (Å²) >= 11 is 6.95. The molecule has 0 aliphatic rings. The molecule has 0 saturated carbocycles. The number of aliphatic carboxylic acids is 1. The van der Waals surface area contributed by atoms with E-state index in [9.17, 15) is 14.7 Å². The van der Waals surface area contributed by atoms with Crippen LogP contribution in [-0.2, 0) is 4.79 Å². The van der Waals surface area contributed by atoms with Gasteiger partial charge in [-0.05, 0) is 80.2 Å². The van der Waals surface area contributed by atoms with Gasteiger partial charge in [-0.2, -0.15) is 0 Å². The molecule has 166 valence electrons. The van der Waals surface area contributed by atoms with Crippen LogP contribution >= 0.6 is 31.9 Å². The molecule has 0 fully saturated rings. The third-order valence-corrected chi connectivity index (χ3v) is 5.88. The van der Waals surface area contributed by atoms with Crippen molar-refractivity contribution in [1.82, 2.24) is 0 Å². The summed E-state index contributed by atoms with van der Waals surface area (Å²) in [7, 11) is 0. The normalized spacial score (nSPS) is 10.8. The first kappa shape index (κ1) is 23.8. The van der Waals surface area contributed by atoms with Gasteiger partial charge in [-0.15, -0.1) is 0 Å². The Bertz CT molecular complexity index is 1150. The van der Waals surface area contributed by atoms with Crippen molar-refractivity contribution in [2.24, 2.45) is 0 Å². The van der Waals surface area contributed by atoms with Crippen molar-refractivity contribution >= 4 is 49.3 Å². The molecule has 0 atom stereocenters. The third-order valence-electron chi connectivity index (χ3n) is 4.70. The number of phenols is 1. The zero-order valence-corrected chi connectivity index (χ0v) is 20.5. The topological polar surface area (TPSA) is 95.9 Å². The number of rotatable bonds is 8. The van der Waals surface area contributed by atoms with Crippen molar-refractivity contribution in [2.45, 2.75) is 19.8 Å². The summed E-state index contributed by atoms with van der Waals surface area (Å²) in [5.41, 5.74) is 1.97. The molecule has 0 bridgehead atoms. The lowest BCUT2D eigenvalue weighted by atomic mass is 10.0. The SMILES string of the molecule is CC(C)c1cc(Oc2c(Br)cc(C(=O)c3ccccc3NCC(=O)O)cc2Br)ccc1O. The van der Waals surface area contributed by atoms with Crippen molar-refractivity contribution in [3.05, 3.63) is 80.2 Å². The van der Waals surface area contributed by atoms with E-state index in [4.69, 9.17) is 9.84 Å². The molecule has 3 N–H and O–H groups in total. The zero-order valence-electron chi connectivity index (χ0n) is 17.4. The summed E-state index contributed by atoms with van der Waals surface area (Å²) < 4.78 is 7.14. The number of hydrogen-bond acceptors (Lipinski definition) is 5. The van der Waals surface area contributed by atoms with Crippen LogP contribution in [0, 0.1) is 0 Å². The number of carbonyl (C=O) groups is 2. The van der Waals surface area contributed by atoms with Crippen molar-refractivity contribution in [1.29, 1.82) is 0 Å². The molecular weight excluding hydrogens is 542 g/mol. The molecule has 6 nitrogen and oxygen atoms in total. The Labute approximate surface area is 202 Å². The van der Waals surface area contributed by atoms with Gasteiger partial charge < -0.3 is 20.3 Å². The van der Waals surface area contributed by atoms with E-state index in [0.29, 0.717) is 37.3 Å². The van der Waals surface area contributed by atoms with E-state index >= 15 is 0 Å². The Balaban J connectivity index is 1.91. The number of hydrogen-bond donors (Lipinski definition) is 3. The third kappa shape index (κ3) is 5.49. The second kappa shape index (κ2) is 10.2. The lowest BCUT2D eigenvalue weighted by Gasteiger charge is -2.15. The predicted octanol–water partition coefficient (Wildman–Crippen LogP) is 6.56. The van der Waals surface area contributed by atoms with E-state index in [1.807, 2.05) is 13.8 Å². The minimum atomic E-state index is -1.02. The summed E-state index contributed by atoms with van der Waals surface area (Å²) in [6.45, 7) is 3.66. The second-order valence-electron chi connectivity index (χ2n) is 7.37. The number of carbonyl (C=O) groups excluding carboxylic acids is 1. The second-order valence-corrected chi connectivity index (χ2v) is 9.08. The van der Waals surface area contributed by atoms with Gasteiger partial charge in [0.05, 0.1) is 8.95 Å². The minimum absolute atomic E-state index is 0.125. The van der Waals surface area contributed by atoms with Crippen LogP contribution in [0.15, 0.2) is 63.5 Å². The number of aromatic hydroxyl groups is 1. The van der Waals surface area contributed by atoms with Crippen LogP contribution in [0.1, 0.15) is 41.3 Å². The fourth-order valence-electron chi connectivity index (χ4n) is 3.13. The molecule has 3 aromatic carbocycles. The van der Waals surface area contributed by atoms with Crippen molar-refractivity contribution in [2.75, 3.05) is 11.9 Å². The monoisotopic (exact) mass is 561 g/mol. The highest BCUT2D eigenvalue weighted by atomic mass is 79.9. The number of ether oxygens (including phenoxy) is 1. The Morgan fingerprint density at radius 1 is 1.03 bits per heavy atom. The fraction of sp³-hybridized carbons (Fsp3) is 0.167. The van der Waals surface area contributed by atoms with Crippen LogP contribution in [0.2, 0.25) is 0 Å². The van der Waals surface area contributed by atoms with Crippen LogP contribution in [-0.4, -0.2) is 28.5 Å². The molecule has 0 aliphatic carbocycles. The number of carboxylic acid groups (broad SMARTS) is 1. The van der Waals surface area contributed by atoms with Gasteiger partial charge in [0, 0.05) is 22.4 Å². The molecule has 0 aliphatic heterocycles. The summed E-state index contributed by atoms with van der Waals surface area (Å²) in [4.78, 5) is 24.0. The van der Waals surface area contributed by atoms with Crippen molar-refractivity contribution in [3.63, 3.8) is 0 Å². The van der Waals surface area contributed by atoms with Gasteiger partial charge in [0.25, 0.3) is 0 Å². The lowest BCUT2D eigenvalue weighted by Crippen LogP contribution is -2.15.